The van der Waals surface area contributed by atoms with Crippen molar-refractivity contribution in [3.8, 4) is 5.75 Å². The van der Waals surface area contributed by atoms with Gasteiger partial charge in [0.2, 0.25) is 0 Å². The largest absolute Gasteiger partial charge is 0.487 e. The van der Waals surface area contributed by atoms with Crippen LogP contribution in [0, 0.1) is 10.1 Å². The van der Waals surface area contributed by atoms with E-state index < -0.39 is 22.8 Å². The first-order chi connectivity index (χ1) is 17.7. The highest BCUT2D eigenvalue weighted by molar-refractivity contribution is 9.11. The molecule has 4 rings (SSSR count). The standard InChI is InChI=1S/C26H19Br2N3O6/c1-2-15-6-8-18(9-7-15)30-25(33)20(24(32)29-26(30)34)11-17-12-21(27)23(22(28)13-17)37-14-16-4-3-5-19(10-16)31(35)36/h3-13H,2,14H2,1H3,(H,29,32,34)/b20-11-. The molecule has 0 unspecified atom stereocenters. The van der Waals surface area contributed by atoms with Gasteiger partial charge in [0, 0.05) is 12.1 Å². The normalized spacial score (nSPS) is 14.6. The summed E-state index contributed by atoms with van der Waals surface area (Å²) in [6.07, 6.45) is 2.19. The van der Waals surface area contributed by atoms with E-state index in [1.807, 2.05) is 19.1 Å². The number of carbonyl (C=O) groups excluding carboxylic acids is 3. The number of benzene rings is 3. The highest BCUT2D eigenvalue weighted by atomic mass is 79.9. The van der Waals surface area contributed by atoms with Crippen molar-refractivity contribution >= 4 is 67.2 Å². The average molecular weight is 629 g/mol. The van der Waals surface area contributed by atoms with Gasteiger partial charge in [-0.15, -0.1) is 0 Å². The van der Waals surface area contributed by atoms with Gasteiger partial charge in [-0.05, 0) is 85.3 Å². The minimum Gasteiger partial charge on any atom is -0.487 e. The summed E-state index contributed by atoms with van der Waals surface area (Å²) in [6.45, 7) is 2.07. The Morgan fingerprint density at radius 1 is 1.00 bits per heavy atom. The third-order valence-electron chi connectivity index (χ3n) is 5.54. The first-order valence-corrected chi connectivity index (χ1v) is 12.6. The number of non-ortho nitro benzene ring substituents is 1. The number of nitrogens with zero attached hydrogens (tertiary/aromatic N) is 2. The SMILES string of the molecule is CCc1ccc(N2C(=O)NC(=O)/C(=C/c3cc(Br)c(OCc4cccc([N+](=O)[O-])c4)c(Br)c3)C2=O)cc1. The van der Waals surface area contributed by atoms with Crippen LogP contribution >= 0.6 is 31.9 Å². The van der Waals surface area contributed by atoms with Crippen molar-refractivity contribution in [2.45, 2.75) is 20.0 Å². The molecule has 188 valence electrons. The molecular formula is C26H19Br2N3O6. The van der Waals surface area contributed by atoms with Crippen LogP contribution in [0.1, 0.15) is 23.6 Å². The zero-order chi connectivity index (χ0) is 26.7. The number of aryl methyl sites for hydroxylation is 1. The number of barbiturate groups is 1. The number of hydrogen-bond acceptors (Lipinski definition) is 6. The van der Waals surface area contributed by atoms with Gasteiger partial charge in [0.05, 0.1) is 19.6 Å². The summed E-state index contributed by atoms with van der Waals surface area (Å²) in [7, 11) is 0. The Balaban J connectivity index is 1.58. The molecule has 1 heterocycles. The van der Waals surface area contributed by atoms with Crippen LogP contribution in [0.4, 0.5) is 16.2 Å². The fourth-order valence-corrected chi connectivity index (χ4v) is 5.11. The highest BCUT2D eigenvalue weighted by Crippen LogP contribution is 2.36. The second-order valence-electron chi connectivity index (χ2n) is 8.01. The summed E-state index contributed by atoms with van der Waals surface area (Å²) in [6, 6.07) is 15.5. The molecule has 3 aromatic rings. The van der Waals surface area contributed by atoms with Crippen LogP contribution in [-0.2, 0) is 22.6 Å². The number of nitro benzene ring substituents is 1. The molecule has 0 aromatic heterocycles. The van der Waals surface area contributed by atoms with Gasteiger partial charge < -0.3 is 4.74 Å². The second-order valence-corrected chi connectivity index (χ2v) is 9.72. The van der Waals surface area contributed by atoms with Crippen molar-refractivity contribution in [3.05, 3.63) is 102 Å². The predicted molar refractivity (Wildman–Crippen MR) is 144 cm³/mol. The van der Waals surface area contributed by atoms with E-state index in [0.29, 0.717) is 31.5 Å². The number of hydrogen-bond donors (Lipinski definition) is 1. The van der Waals surface area contributed by atoms with Gasteiger partial charge in [-0.25, -0.2) is 9.69 Å². The minimum atomic E-state index is -0.816. The molecule has 1 aliphatic heterocycles. The number of rotatable bonds is 7. The van der Waals surface area contributed by atoms with Crippen molar-refractivity contribution in [2.24, 2.45) is 0 Å². The van der Waals surface area contributed by atoms with E-state index >= 15 is 0 Å². The first-order valence-electron chi connectivity index (χ1n) is 11.0. The number of urea groups is 1. The van der Waals surface area contributed by atoms with Gasteiger partial charge >= 0.3 is 6.03 Å². The van der Waals surface area contributed by atoms with Crippen LogP contribution in [-0.4, -0.2) is 22.8 Å². The number of imide groups is 2. The molecular weight excluding hydrogens is 610 g/mol. The van der Waals surface area contributed by atoms with E-state index in [0.717, 1.165) is 16.9 Å². The van der Waals surface area contributed by atoms with Gasteiger partial charge in [0.15, 0.2) is 0 Å². The lowest BCUT2D eigenvalue weighted by molar-refractivity contribution is -0.384. The van der Waals surface area contributed by atoms with Crippen LogP contribution in [0.3, 0.4) is 0 Å². The van der Waals surface area contributed by atoms with E-state index in [-0.39, 0.29) is 17.9 Å². The molecule has 11 heteroatoms. The lowest BCUT2D eigenvalue weighted by Crippen LogP contribution is -2.54. The number of carbonyl (C=O) groups is 3. The van der Waals surface area contributed by atoms with E-state index in [1.54, 1.807) is 36.4 Å². The van der Waals surface area contributed by atoms with Gasteiger partial charge in [-0.3, -0.25) is 25.0 Å². The van der Waals surface area contributed by atoms with Crippen molar-refractivity contribution in [1.82, 2.24) is 5.32 Å². The third kappa shape index (κ3) is 5.78. The Hall–Kier alpha value is -3.83. The van der Waals surface area contributed by atoms with Crippen LogP contribution < -0.4 is 15.0 Å². The molecule has 1 fully saturated rings. The highest BCUT2D eigenvalue weighted by Gasteiger charge is 2.36. The van der Waals surface area contributed by atoms with E-state index in [1.165, 1.54) is 18.2 Å². The summed E-state index contributed by atoms with van der Waals surface area (Å²) < 4.78 is 6.89. The van der Waals surface area contributed by atoms with Crippen molar-refractivity contribution < 1.29 is 24.0 Å². The van der Waals surface area contributed by atoms with Crippen LogP contribution in [0.2, 0.25) is 0 Å². The van der Waals surface area contributed by atoms with Gasteiger partial charge in [-0.2, -0.15) is 0 Å². The molecule has 1 aliphatic rings. The molecule has 0 bridgehead atoms. The zero-order valence-corrected chi connectivity index (χ0v) is 22.5. The molecule has 1 N–H and O–H groups in total. The first kappa shape index (κ1) is 26.2. The van der Waals surface area contributed by atoms with Crippen LogP contribution in [0.15, 0.2) is 75.2 Å². The van der Waals surface area contributed by atoms with Crippen LogP contribution in [0.5, 0.6) is 5.75 Å². The Kier molecular flexibility index (Phi) is 7.84. The van der Waals surface area contributed by atoms with Crippen molar-refractivity contribution in [1.29, 1.82) is 0 Å². The molecule has 0 spiro atoms. The molecule has 9 nitrogen and oxygen atoms in total. The number of anilines is 1. The fourth-order valence-electron chi connectivity index (χ4n) is 3.66. The third-order valence-corrected chi connectivity index (χ3v) is 6.72. The van der Waals surface area contributed by atoms with Gasteiger partial charge in [0.1, 0.15) is 17.9 Å². The van der Waals surface area contributed by atoms with Gasteiger partial charge in [0.25, 0.3) is 17.5 Å². The number of nitrogens with one attached hydrogen (secondary N) is 1. The monoisotopic (exact) mass is 627 g/mol. The predicted octanol–water partition coefficient (Wildman–Crippen LogP) is 5.93. The van der Waals surface area contributed by atoms with E-state index in [4.69, 9.17) is 4.74 Å². The smallest absolute Gasteiger partial charge is 0.335 e. The molecule has 4 amide bonds. The summed E-state index contributed by atoms with van der Waals surface area (Å²) in [4.78, 5) is 49.6. The Morgan fingerprint density at radius 3 is 2.30 bits per heavy atom. The maximum Gasteiger partial charge on any atom is 0.335 e. The quantitative estimate of drug-likeness (QED) is 0.150. The zero-order valence-electron chi connectivity index (χ0n) is 19.4. The molecule has 3 aromatic carbocycles. The van der Waals surface area contributed by atoms with E-state index in [9.17, 15) is 24.5 Å². The summed E-state index contributed by atoms with van der Waals surface area (Å²) in [5.41, 5.74) is 2.26. The number of nitro groups is 1. The van der Waals surface area contributed by atoms with Crippen molar-refractivity contribution in [3.63, 3.8) is 0 Å². The Bertz CT molecular complexity index is 1430. The molecule has 1 saturated heterocycles. The van der Waals surface area contributed by atoms with Crippen molar-refractivity contribution in [2.75, 3.05) is 4.90 Å². The number of amides is 4. The summed E-state index contributed by atoms with van der Waals surface area (Å²) in [5.74, 6) is -1.10. The molecule has 0 aliphatic carbocycles. The number of halogens is 2. The lowest BCUT2D eigenvalue weighted by atomic mass is 10.1. The maximum absolute atomic E-state index is 13.2. The minimum absolute atomic E-state index is 0.0366. The molecule has 37 heavy (non-hydrogen) atoms. The topological polar surface area (TPSA) is 119 Å². The lowest BCUT2D eigenvalue weighted by Gasteiger charge is -2.26. The van der Waals surface area contributed by atoms with Crippen LogP contribution in [0.25, 0.3) is 6.08 Å². The Morgan fingerprint density at radius 2 is 1.68 bits per heavy atom. The molecule has 0 atom stereocenters. The average Bonchev–Trinajstić information content (AvgIpc) is 2.86. The summed E-state index contributed by atoms with van der Waals surface area (Å²) >= 11 is 6.87. The van der Waals surface area contributed by atoms with Gasteiger partial charge in [-0.1, -0.05) is 31.2 Å². The second kappa shape index (κ2) is 11.1. The fraction of sp³-hybridized carbons (Fsp3) is 0.115. The molecule has 0 saturated carbocycles. The molecule has 0 radical (unpaired) electrons. The Labute approximate surface area is 228 Å². The number of ether oxygens (including phenoxy) is 1. The maximum atomic E-state index is 13.2. The summed E-state index contributed by atoms with van der Waals surface area (Å²) in [5, 5.41) is 13.2. The van der Waals surface area contributed by atoms with E-state index in [2.05, 4.69) is 37.2 Å².